The molecule has 0 atom stereocenters. The minimum absolute atomic E-state index is 0.492. The Hall–Kier alpha value is -0.820. The molecular weight excluding hydrogens is 263 g/mol. The van der Waals surface area contributed by atoms with Crippen molar-refractivity contribution in [2.45, 2.75) is 0 Å². The summed E-state index contributed by atoms with van der Waals surface area (Å²) in [4.78, 5) is 0. The Morgan fingerprint density at radius 3 is 2.88 bits per heavy atom. The van der Waals surface area contributed by atoms with Crippen molar-refractivity contribution in [2.24, 2.45) is 0 Å². The van der Waals surface area contributed by atoms with E-state index in [0.717, 1.165) is 28.5 Å². The van der Waals surface area contributed by atoms with Gasteiger partial charge in [-0.1, -0.05) is 29.3 Å². The van der Waals surface area contributed by atoms with Crippen molar-refractivity contribution < 1.29 is 0 Å². The minimum atomic E-state index is 0.492. The van der Waals surface area contributed by atoms with Gasteiger partial charge in [0.25, 0.3) is 0 Å². The molecule has 1 aliphatic rings. The van der Waals surface area contributed by atoms with Crippen molar-refractivity contribution in [3.05, 3.63) is 39.5 Å². The minimum Gasteiger partial charge on any atom is -0.356 e. The van der Waals surface area contributed by atoms with Crippen LogP contribution in [0.1, 0.15) is 0 Å². The zero-order chi connectivity index (χ0) is 11.5. The number of rotatable bonds is 2. The van der Waals surface area contributed by atoms with Gasteiger partial charge in [-0.15, -0.1) is 11.8 Å². The first kappa shape index (κ1) is 11.7. The molecular formula is C11H8Cl2N2S. The number of anilines is 1. The van der Waals surface area contributed by atoms with E-state index in [2.05, 4.69) is 11.4 Å². The fourth-order valence-corrected chi connectivity index (χ4v) is 2.75. The van der Waals surface area contributed by atoms with Gasteiger partial charge in [0.15, 0.2) is 0 Å². The SMILES string of the molecule is N#CC1=C(Nc2cccc(Cl)c2Cl)CSC1. The van der Waals surface area contributed by atoms with E-state index in [9.17, 15) is 0 Å². The first-order valence-electron chi connectivity index (χ1n) is 4.63. The Balaban J connectivity index is 2.28. The molecule has 1 aliphatic heterocycles. The summed E-state index contributed by atoms with van der Waals surface area (Å²) < 4.78 is 0. The van der Waals surface area contributed by atoms with Crippen LogP contribution < -0.4 is 5.32 Å². The number of nitrogens with zero attached hydrogens (tertiary/aromatic N) is 1. The fourth-order valence-electron chi connectivity index (χ4n) is 1.40. The summed E-state index contributed by atoms with van der Waals surface area (Å²) in [6.07, 6.45) is 0. The van der Waals surface area contributed by atoms with E-state index in [0.29, 0.717) is 10.0 Å². The van der Waals surface area contributed by atoms with Gasteiger partial charge in [0.05, 0.1) is 27.4 Å². The summed E-state index contributed by atoms with van der Waals surface area (Å²) in [7, 11) is 0. The van der Waals surface area contributed by atoms with Gasteiger partial charge in [-0.3, -0.25) is 0 Å². The van der Waals surface area contributed by atoms with Crippen molar-refractivity contribution in [3.63, 3.8) is 0 Å². The first-order chi connectivity index (χ1) is 7.72. The molecule has 82 valence electrons. The summed E-state index contributed by atoms with van der Waals surface area (Å²) in [5.41, 5.74) is 2.46. The Bertz CT molecular complexity index is 491. The van der Waals surface area contributed by atoms with Gasteiger partial charge in [-0.2, -0.15) is 5.26 Å². The smallest absolute Gasteiger partial charge is 0.0974 e. The monoisotopic (exact) mass is 270 g/mol. The lowest BCUT2D eigenvalue weighted by molar-refractivity contribution is 1.34. The van der Waals surface area contributed by atoms with Crippen molar-refractivity contribution in [3.8, 4) is 6.07 Å². The third kappa shape index (κ3) is 2.30. The molecule has 0 saturated carbocycles. The van der Waals surface area contributed by atoms with E-state index in [1.54, 1.807) is 17.8 Å². The lowest BCUT2D eigenvalue weighted by Crippen LogP contribution is -2.02. The summed E-state index contributed by atoms with van der Waals surface area (Å²) in [5.74, 6) is 1.57. The van der Waals surface area contributed by atoms with Gasteiger partial charge in [-0.25, -0.2) is 0 Å². The van der Waals surface area contributed by atoms with Crippen LogP contribution in [0.2, 0.25) is 10.0 Å². The largest absolute Gasteiger partial charge is 0.356 e. The fraction of sp³-hybridized carbons (Fsp3) is 0.182. The highest BCUT2D eigenvalue weighted by atomic mass is 35.5. The van der Waals surface area contributed by atoms with Crippen LogP contribution in [0.15, 0.2) is 29.5 Å². The molecule has 2 rings (SSSR count). The van der Waals surface area contributed by atoms with Gasteiger partial charge in [0.1, 0.15) is 0 Å². The predicted molar refractivity (Wildman–Crippen MR) is 70.0 cm³/mol. The van der Waals surface area contributed by atoms with Crippen LogP contribution in [0.4, 0.5) is 5.69 Å². The topological polar surface area (TPSA) is 35.8 Å². The number of nitrogens with one attached hydrogen (secondary N) is 1. The summed E-state index contributed by atoms with van der Waals surface area (Å²) in [6, 6.07) is 7.59. The average Bonchev–Trinajstić information content (AvgIpc) is 2.72. The van der Waals surface area contributed by atoms with Crippen LogP contribution in [0.3, 0.4) is 0 Å². The average molecular weight is 271 g/mol. The molecule has 1 heterocycles. The van der Waals surface area contributed by atoms with Crippen molar-refractivity contribution >= 4 is 40.7 Å². The van der Waals surface area contributed by atoms with Crippen LogP contribution in [0.5, 0.6) is 0 Å². The van der Waals surface area contributed by atoms with Gasteiger partial charge >= 0.3 is 0 Å². The van der Waals surface area contributed by atoms with Crippen LogP contribution in [0, 0.1) is 11.3 Å². The molecule has 1 aromatic carbocycles. The van der Waals surface area contributed by atoms with Crippen molar-refractivity contribution in [1.29, 1.82) is 5.26 Å². The highest BCUT2D eigenvalue weighted by Crippen LogP contribution is 2.33. The van der Waals surface area contributed by atoms with E-state index in [1.165, 1.54) is 0 Å². The van der Waals surface area contributed by atoms with Crippen LogP contribution in [-0.4, -0.2) is 11.5 Å². The second kappa shape index (κ2) is 5.01. The van der Waals surface area contributed by atoms with Crippen LogP contribution in [-0.2, 0) is 0 Å². The molecule has 1 aromatic rings. The molecule has 0 aromatic heterocycles. The molecule has 0 amide bonds. The van der Waals surface area contributed by atoms with Crippen LogP contribution in [0.25, 0.3) is 0 Å². The second-order valence-corrected chi connectivity index (χ2v) is 5.06. The lowest BCUT2D eigenvalue weighted by Gasteiger charge is -2.09. The maximum absolute atomic E-state index is 8.92. The highest BCUT2D eigenvalue weighted by molar-refractivity contribution is 7.99. The van der Waals surface area contributed by atoms with Gasteiger partial charge < -0.3 is 5.32 Å². The summed E-state index contributed by atoms with van der Waals surface area (Å²) in [6.45, 7) is 0. The van der Waals surface area contributed by atoms with Crippen molar-refractivity contribution in [1.82, 2.24) is 0 Å². The maximum Gasteiger partial charge on any atom is 0.0974 e. The molecule has 0 aliphatic carbocycles. The van der Waals surface area contributed by atoms with Crippen molar-refractivity contribution in [2.75, 3.05) is 16.8 Å². The number of benzene rings is 1. The van der Waals surface area contributed by atoms with Crippen LogP contribution >= 0.6 is 35.0 Å². The molecule has 0 radical (unpaired) electrons. The maximum atomic E-state index is 8.92. The standard InChI is InChI=1S/C11H8Cl2N2S/c12-8-2-1-3-9(11(8)13)15-10-6-16-5-7(10)4-14/h1-3,15H,5-6H2. The first-order valence-corrected chi connectivity index (χ1v) is 6.54. The molecule has 0 bridgehead atoms. The van der Waals surface area contributed by atoms with Gasteiger partial charge in [0.2, 0.25) is 0 Å². The number of nitriles is 1. The Morgan fingerprint density at radius 2 is 2.12 bits per heavy atom. The van der Waals surface area contributed by atoms with Gasteiger partial charge in [0, 0.05) is 17.2 Å². The van der Waals surface area contributed by atoms with E-state index in [4.69, 9.17) is 28.5 Å². The molecule has 0 unspecified atom stereocenters. The lowest BCUT2D eigenvalue weighted by atomic mass is 10.2. The molecule has 5 heteroatoms. The molecule has 0 spiro atoms. The van der Waals surface area contributed by atoms with E-state index >= 15 is 0 Å². The predicted octanol–water partition coefficient (Wildman–Crippen LogP) is 3.93. The molecule has 2 nitrogen and oxygen atoms in total. The van der Waals surface area contributed by atoms with E-state index in [1.807, 2.05) is 12.1 Å². The molecule has 1 N–H and O–H groups in total. The molecule has 16 heavy (non-hydrogen) atoms. The number of halogens is 2. The highest BCUT2D eigenvalue weighted by Gasteiger charge is 2.16. The Kier molecular flexibility index (Phi) is 3.65. The second-order valence-electron chi connectivity index (χ2n) is 3.29. The zero-order valence-electron chi connectivity index (χ0n) is 8.26. The van der Waals surface area contributed by atoms with E-state index in [-0.39, 0.29) is 0 Å². The number of hydrogen-bond donors (Lipinski definition) is 1. The third-order valence-electron chi connectivity index (χ3n) is 2.23. The Morgan fingerprint density at radius 1 is 1.31 bits per heavy atom. The summed E-state index contributed by atoms with van der Waals surface area (Å²) >= 11 is 13.7. The number of hydrogen-bond acceptors (Lipinski definition) is 3. The summed E-state index contributed by atoms with van der Waals surface area (Å²) in [5, 5.41) is 13.1. The third-order valence-corrected chi connectivity index (χ3v) is 4.03. The quantitative estimate of drug-likeness (QED) is 0.885. The number of thioether (sulfide) groups is 1. The molecule has 0 fully saturated rings. The normalized spacial score (nSPS) is 15.1. The van der Waals surface area contributed by atoms with Gasteiger partial charge in [-0.05, 0) is 12.1 Å². The zero-order valence-corrected chi connectivity index (χ0v) is 10.6. The van der Waals surface area contributed by atoms with E-state index < -0.39 is 0 Å². The Labute approximate surface area is 108 Å². The molecule has 0 saturated heterocycles.